The van der Waals surface area contributed by atoms with Crippen molar-refractivity contribution in [3.05, 3.63) is 173 Å². The molecule has 0 saturated heterocycles. The Morgan fingerprint density at radius 1 is 0.475 bits per heavy atom. The summed E-state index contributed by atoms with van der Waals surface area (Å²) in [5.74, 6) is 0. The Hall–Kier alpha value is -4.88. The Bertz CT molecular complexity index is 1720. The van der Waals surface area contributed by atoms with Crippen molar-refractivity contribution in [2.75, 3.05) is 4.90 Å². The van der Waals surface area contributed by atoms with E-state index in [0.29, 0.717) is 0 Å². The molecule has 194 valence electrons. The van der Waals surface area contributed by atoms with Gasteiger partial charge in [0.1, 0.15) is 0 Å². The predicted octanol–water partition coefficient (Wildman–Crippen LogP) is 10.8. The van der Waals surface area contributed by atoms with E-state index in [1.807, 2.05) is 0 Å². The zero-order chi connectivity index (χ0) is 27.5. The van der Waals surface area contributed by atoms with Crippen LogP contribution in [0.5, 0.6) is 0 Å². The molecule has 0 aliphatic rings. The maximum atomic E-state index is 2.36. The molecule has 0 atom stereocenters. The molecule has 0 N–H and O–H groups in total. The smallest absolute Gasteiger partial charge is 0.0540 e. The third-order valence-corrected chi connectivity index (χ3v) is 7.49. The monoisotopic (exact) mass is 515 g/mol. The van der Waals surface area contributed by atoms with Gasteiger partial charge in [-0.1, -0.05) is 126 Å². The summed E-state index contributed by atoms with van der Waals surface area (Å²) in [6, 6.07) is 50.4. The molecule has 0 aliphatic heterocycles. The number of fused-ring (bicyclic) bond motifs is 1. The van der Waals surface area contributed by atoms with Gasteiger partial charge in [0.25, 0.3) is 0 Å². The summed E-state index contributed by atoms with van der Waals surface area (Å²) < 4.78 is 0. The summed E-state index contributed by atoms with van der Waals surface area (Å²) in [4.78, 5) is 2.36. The second-order valence-electron chi connectivity index (χ2n) is 10.6. The van der Waals surface area contributed by atoms with Crippen molar-refractivity contribution in [3.63, 3.8) is 0 Å². The van der Waals surface area contributed by atoms with Crippen molar-refractivity contribution >= 4 is 39.5 Å². The van der Waals surface area contributed by atoms with E-state index in [9.17, 15) is 0 Å². The summed E-state index contributed by atoms with van der Waals surface area (Å²) in [6.07, 6.45) is 2.30. The Morgan fingerprint density at radius 3 is 1.52 bits per heavy atom. The fourth-order valence-electron chi connectivity index (χ4n) is 5.21. The van der Waals surface area contributed by atoms with Gasteiger partial charge in [-0.2, -0.15) is 0 Å². The number of aryl methyl sites for hydroxylation is 3. The SMILES string of the molecule is Cc1ccc(C(=Cc2ccc(N(c3ccc(C)cc3)c3cccc4ccccc34)cc2)c2ccc(C)cc2)cc1. The minimum Gasteiger partial charge on any atom is -0.310 e. The second kappa shape index (κ2) is 11.1. The standard InChI is InChI=1S/C39H33N/c1-28-11-19-33(20-12-28)38(34-21-13-29(2)14-22-34)27-31-17-25-36(26-18-31)40(35-23-15-30(3)16-24-35)39-10-6-8-32-7-4-5-9-37(32)39/h4-27H,1-3H3. The number of rotatable bonds is 6. The number of hydrogen-bond acceptors (Lipinski definition) is 1. The summed E-state index contributed by atoms with van der Waals surface area (Å²) >= 11 is 0. The van der Waals surface area contributed by atoms with Crippen LogP contribution in [0.2, 0.25) is 0 Å². The van der Waals surface area contributed by atoms with Crippen LogP contribution in [0.1, 0.15) is 33.4 Å². The van der Waals surface area contributed by atoms with Crippen LogP contribution in [0.15, 0.2) is 140 Å². The maximum absolute atomic E-state index is 2.36. The Morgan fingerprint density at radius 2 is 0.950 bits per heavy atom. The molecule has 6 aromatic rings. The van der Waals surface area contributed by atoms with Gasteiger partial charge in [0.15, 0.2) is 0 Å². The van der Waals surface area contributed by atoms with Crippen molar-refractivity contribution in [2.24, 2.45) is 0 Å². The molecular weight excluding hydrogens is 482 g/mol. The van der Waals surface area contributed by atoms with E-state index in [2.05, 4.69) is 171 Å². The van der Waals surface area contributed by atoms with Crippen LogP contribution in [0, 0.1) is 20.8 Å². The van der Waals surface area contributed by atoms with Crippen LogP contribution >= 0.6 is 0 Å². The second-order valence-corrected chi connectivity index (χ2v) is 10.6. The Labute approximate surface area is 237 Å². The predicted molar refractivity (Wildman–Crippen MR) is 173 cm³/mol. The zero-order valence-corrected chi connectivity index (χ0v) is 23.3. The Balaban J connectivity index is 1.45. The topological polar surface area (TPSA) is 3.24 Å². The van der Waals surface area contributed by atoms with Gasteiger partial charge in [-0.05, 0) is 84.8 Å². The van der Waals surface area contributed by atoms with Gasteiger partial charge in [0.2, 0.25) is 0 Å². The molecular formula is C39H33N. The van der Waals surface area contributed by atoms with Gasteiger partial charge < -0.3 is 4.90 Å². The lowest BCUT2D eigenvalue weighted by Gasteiger charge is -2.27. The van der Waals surface area contributed by atoms with E-state index in [1.165, 1.54) is 55.4 Å². The first-order valence-corrected chi connectivity index (χ1v) is 13.9. The Kier molecular flexibility index (Phi) is 7.04. The number of anilines is 3. The fraction of sp³-hybridized carbons (Fsp3) is 0.0769. The molecule has 0 saturated carbocycles. The van der Waals surface area contributed by atoms with Gasteiger partial charge in [0, 0.05) is 16.8 Å². The van der Waals surface area contributed by atoms with Crippen molar-refractivity contribution in [1.29, 1.82) is 0 Å². The minimum absolute atomic E-state index is 1.13. The van der Waals surface area contributed by atoms with Crippen LogP contribution in [0.4, 0.5) is 17.1 Å². The molecule has 0 heterocycles. The summed E-state index contributed by atoms with van der Waals surface area (Å²) in [7, 11) is 0. The van der Waals surface area contributed by atoms with E-state index in [-0.39, 0.29) is 0 Å². The normalized spacial score (nSPS) is 10.9. The average Bonchev–Trinajstić information content (AvgIpc) is 2.99. The van der Waals surface area contributed by atoms with E-state index in [4.69, 9.17) is 0 Å². The number of benzene rings is 6. The first-order valence-electron chi connectivity index (χ1n) is 13.9. The first kappa shape index (κ1) is 25.4. The van der Waals surface area contributed by atoms with Gasteiger partial charge in [-0.15, -0.1) is 0 Å². The van der Waals surface area contributed by atoms with E-state index in [1.54, 1.807) is 0 Å². The molecule has 1 nitrogen and oxygen atoms in total. The van der Waals surface area contributed by atoms with Crippen LogP contribution in [-0.4, -0.2) is 0 Å². The van der Waals surface area contributed by atoms with Crippen LogP contribution in [0.25, 0.3) is 22.4 Å². The lowest BCUT2D eigenvalue weighted by molar-refractivity contribution is 1.29. The molecule has 0 bridgehead atoms. The summed E-state index contributed by atoms with van der Waals surface area (Å²) in [5, 5.41) is 2.47. The molecule has 6 aromatic carbocycles. The highest BCUT2D eigenvalue weighted by molar-refractivity contribution is 5.99. The molecule has 0 radical (unpaired) electrons. The van der Waals surface area contributed by atoms with Crippen molar-refractivity contribution in [1.82, 2.24) is 0 Å². The van der Waals surface area contributed by atoms with Crippen LogP contribution < -0.4 is 4.90 Å². The third kappa shape index (κ3) is 5.32. The lowest BCUT2D eigenvalue weighted by Crippen LogP contribution is -2.10. The van der Waals surface area contributed by atoms with Crippen molar-refractivity contribution in [3.8, 4) is 0 Å². The number of nitrogens with zero attached hydrogens (tertiary/aromatic N) is 1. The molecule has 0 aromatic heterocycles. The first-order chi connectivity index (χ1) is 19.5. The van der Waals surface area contributed by atoms with E-state index >= 15 is 0 Å². The molecule has 0 spiro atoms. The van der Waals surface area contributed by atoms with Crippen LogP contribution in [0.3, 0.4) is 0 Å². The van der Waals surface area contributed by atoms with Gasteiger partial charge in [-0.25, -0.2) is 0 Å². The average molecular weight is 516 g/mol. The van der Waals surface area contributed by atoms with Crippen molar-refractivity contribution in [2.45, 2.75) is 20.8 Å². The molecule has 0 unspecified atom stereocenters. The van der Waals surface area contributed by atoms with Gasteiger partial charge >= 0.3 is 0 Å². The molecule has 6 rings (SSSR count). The molecule has 0 fully saturated rings. The van der Waals surface area contributed by atoms with E-state index in [0.717, 1.165) is 11.4 Å². The summed E-state index contributed by atoms with van der Waals surface area (Å²) in [6.45, 7) is 6.40. The highest BCUT2D eigenvalue weighted by Crippen LogP contribution is 2.39. The maximum Gasteiger partial charge on any atom is 0.0540 e. The molecule has 40 heavy (non-hydrogen) atoms. The lowest BCUT2D eigenvalue weighted by atomic mass is 9.94. The molecule has 0 aliphatic carbocycles. The zero-order valence-electron chi connectivity index (χ0n) is 23.3. The van der Waals surface area contributed by atoms with E-state index < -0.39 is 0 Å². The minimum atomic E-state index is 1.13. The third-order valence-electron chi connectivity index (χ3n) is 7.49. The highest BCUT2D eigenvalue weighted by atomic mass is 15.1. The van der Waals surface area contributed by atoms with Gasteiger partial charge in [0.05, 0.1) is 5.69 Å². The molecule has 0 amide bonds. The van der Waals surface area contributed by atoms with Crippen molar-refractivity contribution < 1.29 is 0 Å². The summed E-state index contributed by atoms with van der Waals surface area (Å²) in [5.41, 5.74) is 12.0. The van der Waals surface area contributed by atoms with Gasteiger partial charge in [-0.3, -0.25) is 0 Å². The largest absolute Gasteiger partial charge is 0.310 e. The fourth-order valence-corrected chi connectivity index (χ4v) is 5.21. The highest BCUT2D eigenvalue weighted by Gasteiger charge is 2.15. The quantitative estimate of drug-likeness (QED) is 0.199. The number of hydrogen-bond donors (Lipinski definition) is 0. The molecule has 1 heteroatoms. The van der Waals surface area contributed by atoms with Crippen LogP contribution in [-0.2, 0) is 0 Å².